The number of benzene rings is 1. The second-order valence-corrected chi connectivity index (χ2v) is 3.34. The van der Waals surface area contributed by atoms with Gasteiger partial charge in [0.1, 0.15) is 11.0 Å². The Labute approximate surface area is 82.7 Å². The van der Waals surface area contributed by atoms with Crippen LogP contribution in [0, 0.1) is 6.92 Å². The fraction of sp³-hybridized carbons (Fsp3) is 0.0769. The average molecular weight is 184 g/mol. The van der Waals surface area contributed by atoms with Crippen molar-refractivity contribution in [3.63, 3.8) is 0 Å². The van der Waals surface area contributed by atoms with Crippen LogP contribution in [0.4, 0.5) is 0 Å². The standard InChI is InChI=1S/C13H12O/c1-4-5-11-10(3)14-13-7-6-9(2)8-12(11)13/h4-8H,1,3H2,2H3/b11-5+. The number of rotatable bonds is 1. The lowest BCUT2D eigenvalue weighted by Crippen LogP contribution is -2.17. The average Bonchev–Trinajstić information content (AvgIpc) is 2.45. The van der Waals surface area contributed by atoms with Gasteiger partial charge in [0.05, 0.1) is 0 Å². The predicted octanol–water partition coefficient (Wildman–Crippen LogP) is 2.12. The molecule has 0 aliphatic carbocycles. The van der Waals surface area contributed by atoms with Gasteiger partial charge in [-0.25, -0.2) is 0 Å². The van der Waals surface area contributed by atoms with Crippen LogP contribution in [-0.4, -0.2) is 0 Å². The maximum absolute atomic E-state index is 5.52. The van der Waals surface area contributed by atoms with Crippen molar-refractivity contribution >= 4 is 23.6 Å². The van der Waals surface area contributed by atoms with Gasteiger partial charge in [0.15, 0.2) is 0 Å². The van der Waals surface area contributed by atoms with Crippen LogP contribution in [0.2, 0.25) is 0 Å². The first-order chi connectivity index (χ1) is 6.72. The van der Waals surface area contributed by atoms with Crippen LogP contribution >= 0.6 is 0 Å². The van der Waals surface area contributed by atoms with E-state index in [1.807, 2.05) is 18.2 Å². The zero-order chi connectivity index (χ0) is 10.1. The van der Waals surface area contributed by atoms with Crippen molar-refractivity contribution in [3.05, 3.63) is 47.1 Å². The lowest BCUT2D eigenvalue weighted by molar-refractivity contribution is 0.577. The molecule has 1 heterocycles. The minimum atomic E-state index is 0.700. The molecule has 70 valence electrons. The highest BCUT2D eigenvalue weighted by Crippen LogP contribution is 2.10. The second kappa shape index (κ2) is 3.18. The summed E-state index contributed by atoms with van der Waals surface area (Å²) < 4.78 is 5.52. The first-order valence-electron chi connectivity index (χ1n) is 4.53. The van der Waals surface area contributed by atoms with Gasteiger partial charge in [0.2, 0.25) is 0 Å². The zero-order valence-corrected chi connectivity index (χ0v) is 8.21. The van der Waals surface area contributed by atoms with Crippen molar-refractivity contribution in [2.75, 3.05) is 0 Å². The Hall–Kier alpha value is -1.76. The van der Waals surface area contributed by atoms with Gasteiger partial charge in [-0.3, -0.25) is 0 Å². The number of furan rings is 1. The third kappa shape index (κ3) is 1.27. The molecular formula is C13H12O. The smallest absolute Gasteiger partial charge is 0.135 e. The van der Waals surface area contributed by atoms with E-state index in [-0.39, 0.29) is 0 Å². The first kappa shape index (κ1) is 8.82. The van der Waals surface area contributed by atoms with E-state index >= 15 is 0 Å². The Bertz CT molecular complexity index is 587. The Morgan fingerprint density at radius 2 is 2.14 bits per heavy atom. The molecule has 1 nitrogen and oxygen atoms in total. The van der Waals surface area contributed by atoms with Crippen LogP contribution in [0.25, 0.3) is 23.6 Å². The largest absolute Gasteiger partial charge is 0.457 e. The maximum Gasteiger partial charge on any atom is 0.135 e. The van der Waals surface area contributed by atoms with Gasteiger partial charge in [-0.15, -0.1) is 0 Å². The predicted molar refractivity (Wildman–Crippen MR) is 60.4 cm³/mol. The second-order valence-electron chi connectivity index (χ2n) is 3.34. The van der Waals surface area contributed by atoms with Gasteiger partial charge in [0.25, 0.3) is 0 Å². The molecule has 0 aliphatic rings. The topological polar surface area (TPSA) is 13.1 Å². The Balaban J connectivity index is 3.01. The highest BCUT2D eigenvalue weighted by Gasteiger charge is 2.00. The normalized spacial score (nSPS) is 12.2. The highest BCUT2D eigenvalue weighted by atomic mass is 16.3. The number of allylic oxidation sites excluding steroid dienone is 1. The van der Waals surface area contributed by atoms with Gasteiger partial charge in [-0.2, -0.15) is 0 Å². The number of hydrogen-bond acceptors (Lipinski definition) is 1. The molecule has 0 aliphatic heterocycles. The quantitative estimate of drug-likeness (QED) is 0.661. The maximum atomic E-state index is 5.52. The van der Waals surface area contributed by atoms with Crippen LogP contribution in [0.15, 0.2) is 35.3 Å². The molecule has 1 heteroatoms. The number of hydrogen-bond donors (Lipinski definition) is 0. The van der Waals surface area contributed by atoms with Gasteiger partial charge < -0.3 is 4.42 Å². The summed E-state index contributed by atoms with van der Waals surface area (Å²) in [7, 11) is 0. The van der Waals surface area contributed by atoms with E-state index in [0.717, 1.165) is 16.2 Å². The minimum absolute atomic E-state index is 0.700. The van der Waals surface area contributed by atoms with Crippen molar-refractivity contribution < 1.29 is 4.42 Å². The molecule has 2 aromatic rings. The molecule has 0 unspecified atom stereocenters. The fourth-order valence-corrected chi connectivity index (χ4v) is 1.58. The summed E-state index contributed by atoms with van der Waals surface area (Å²) in [5, 5.41) is 2.13. The lowest BCUT2D eigenvalue weighted by Gasteiger charge is -1.90. The van der Waals surface area contributed by atoms with E-state index in [1.54, 1.807) is 6.08 Å². The summed E-state index contributed by atoms with van der Waals surface area (Å²) >= 11 is 0. The lowest BCUT2D eigenvalue weighted by atomic mass is 10.1. The van der Waals surface area contributed by atoms with Crippen LogP contribution in [0.1, 0.15) is 5.56 Å². The molecule has 1 aromatic carbocycles. The molecule has 2 rings (SSSR count). The monoisotopic (exact) mass is 184 g/mol. The van der Waals surface area contributed by atoms with E-state index in [0.29, 0.717) is 5.42 Å². The third-order valence-corrected chi connectivity index (χ3v) is 2.24. The summed E-state index contributed by atoms with van der Waals surface area (Å²) in [6.07, 6.45) is 3.68. The summed E-state index contributed by atoms with van der Waals surface area (Å²) in [6.45, 7) is 9.60. The third-order valence-electron chi connectivity index (χ3n) is 2.24. The molecule has 0 saturated heterocycles. The first-order valence-corrected chi connectivity index (χ1v) is 4.53. The molecule has 0 fully saturated rings. The molecule has 0 saturated carbocycles. The molecule has 0 amide bonds. The molecule has 1 aromatic heterocycles. The van der Waals surface area contributed by atoms with Crippen molar-refractivity contribution in [1.29, 1.82) is 0 Å². The molecule has 0 spiro atoms. The molecular weight excluding hydrogens is 172 g/mol. The van der Waals surface area contributed by atoms with Crippen LogP contribution < -0.4 is 10.6 Å². The number of fused-ring (bicyclic) bond motifs is 1. The molecule has 0 atom stereocenters. The van der Waals surface area contributed by atoms with E-state index < -0.39 is 0 Å². The summed E-state index contributed by atoms with van der Waals surface area (Å²) in [6, 6.07) is 6.10. The van der Waals surface area contributed by atoms with Crippen LogP contribution in [0.3, 0.4) is 0 Å². The van der Waals surface area contributed by atoms with Crippen LogP contribution in [-0.2, 0) is 0 Å². The van der Waals surface area contributed by atoms with Crippen molar-refractivity contribution in [1.82, 2.24) is 0 Å². The SMILES string of the molecule is C=C/C=c1\c(=C)oc2ccc(C)cc12. The van der Waals surface area contributed by atoms with Gasteiger partial charge in [-0.05, 0) is 19.1 Å². The minimum Gasteiger partial charge on any atom is -0.457 e. The zero-order valence-electron chi connectivity index (χ0n) is 8.21. The van der Waals surface area contributed by atoms with E-state index in [9.17, 15) is 0 Å². The molecule has 0 bridgehead atoms. The highest BCUT2D eigenvalue weighted by molar-refractivity contribution is 5.80. The Morgan fingerprint density at radius 3 is 2.86 bits per heavy atom. The summed E-state index contributed by atoms with van der Waals surface area (Å²) in [4.78, 5) is 0. The van der Waals surface area contributed by atoms with E-state index in [4.69, 9.17) is 4.42 Å². The van der Waals surface area contributed by atoms with Crippen molar-refractivity contribution in [2.24, 2.45) is 0 Å². The molecule has 14 heavy (non-hydrogen) atoms. The van der Waals surface area contributed by atoms with Crippen molar-refractivity contribution in [2.45, 2.75) is 6.92 Å². The van der Waals surface area contributed by atoms with E-state index in [2.05, 4.69) is 26.1 Å². The van der Waals surface area contributed by atoms with Gasteiger partial charge in [0, 0.05) is 10.6 Å². The molecule has 0 N–H and O–H groups in total. The molecule has 0 radical (unpaired) electrons. The van der Waals surface area contributed by atoms with Crippen LogP contribution in [0.5, 0.6) is 0 Å². The Kier molecular flexibility index (Phi) is 2.01. The van der Waals surface area contributed by atoms with Crippen molar-refractivity contribution in [3.8, 4) is 0 Å². The summed E-state index contributed by atoms with van der Waals surface area (Å²) in [5.74, 6) is 0. The van der Waals surface area contributed by atoms with Gasteiger partial charge in [-0.1, -0.05) is 36.9 Å². The number of aryl methyl sites for hydroxylation is 1. The van der Waals surface area contributed by atoms with Gasteiger partial charge >= 0.3 is 0 Å². The fourth-order valence-electron chi connectivity index (χ4n) is 1.58. The summed E-state index contributed by atoms with van der Waals surface area (Å²) in [5.41, 5.74) is 2.80. The Morgan fingerprint density at radius 1 is 1.36 bits per heavy atom. The van der Waals surface area contributed by atoms with E-state index in [1.165, 1.54) is 5.56 Å².